The summed E-state index contributed by atoms with van der Waals surface area (Å²) in [6.45, 7) is 5.55. The van der Waals surface area contributed by atoms with Gasteiger partial charge in [0.25, 0.3) is 0 Å². The van der Waals surface area contributed by atoms with E-state index in [1.54, 1.807) is 23.9 Å². The van der Waals surface area contributed by atoms with Crippen molar-refractivity contribution in [3.63, 3.8) is 0 Å². The van der Waals surface area contributed by atoms with Crippen molar-refractivity contribution < 1.29 is 9.21 Å². The molecule has 0 radical (unpaired) electrons. The van der Waals surface area contributed by atoms with Crippen LogP contribution in [0.3, 0.4) is 0 Å². The van der Waals surface area contributed by atoms with E-state index in [0.29, 0.717) is 24.8 Å². The second kappa shape index (κ2) is 9.10. The molecule has 136 valence electrons. The van der Waals surface area contributed by atoms with Gasteiger partial charge in [0.1, 0.15) is 0 Å². The first-order valence-electron chi connectivity index (χ1n) is 8.67. The largest absolute Gasteiger partial charge is 0.472 e. The Labute approximate surface area is 163 Å². The van der Waals surface area contributed by atoms with Crippen LogP contribution in [0.2, 0.25) is 0 Å². The van der Waals surface area contributed by atoms with E-state index < -0.39 is 0 Å². The lowest BCUT2D eigenvalue weighted by atomic mass is 10.1. The quantitative estimate of drug-likeness (QED) is 0.472. The van der Waals surface area contributed by atoms with E-state index in [9.17, 15) is 4.79 Å². The highest BCUT2D eigenvalue weighted by atomic mass is 32.2. The van der Waals surface area contributed by atoms with Gasteiger partial charge in [-0.3, -0.25) is 4.79 Å². The van der Waals surface area contributed by atoms with Gasteiger partial charge in [-0.15, -0.1) is 23.1 Å². The van der Waals surface area contributed by atoms with Crippen molar-refractivity contribution in [2.45, 2.75) is 43.5 Å². The zero-order chi connectivity index (χ0) is 18.4. The van der Waals surface area contributed by atoms with Gasteiger partial charge in [0.15, 0.2) is 0 Å². The minimum Gasteiger partial charge on any atom is -0.472 e. The number of rotatable bonds is 8. The summed E-state index contributed by atoms with van der Waals surface area (Å²) in [6.07, 6.45) is 3.76. The van der Waals surface area contributed by atoms with Gasteiger partial charge in [-0.1, -0.05) is 32.0 Å². The fraction of sp³-hybridized carbons (Fsp3) is 0.286. The Hall–Kier alpha value is -1.98. The third-order valence-electron chi connectivity index (χ3n) is 3.88. The molecule has 0 aliphatic heterocycles. The molecule has 0 aliphatic rings. The standard InChI is InChI=1S/C21H23NO2S2/c1-16(2)26-19-7-5-17(6-8-19)12-21(23)22(13-18-9-10-24-15-18)14-20-4-3-11-25-20/h3-11,15-16H,12-14H2,1-2H3. The number of carbonyl (C=O) groups is 1. The van der Waals surface area contributed by atoms with Crippen molar-refractivity contribution >= 4 is 29.0 Å². The molecule has 5 heteroatoms. The number of amides is 1. The Balaban J connectivity index is 1.68. The minimum absolute atomic E-state index is 0.129. The van der Waals surface area contributed by atoms with Crippen LogP contribution >= 0.6 is 23.1 Å². The fourth-order valence-electron chi connectivity index (χ4n) is 2.67. The molecule has 2 heterocycles. The zero-order valence-electron chi connectivity index (χ0n) is 15.1. The molecular formula is C21H23NO2S2. The molecule has 3 rings (SSSR count). The average molecular weight is 386 g/mol. The maximum absolute atomic E-state index is 12.9. The molecule has 0 saturated heterocycles. The molecule has 1 amide bonds. The highest BCUT2D eigenvalue weighted by Gasteiger charge is 2.16. The van der Waals surface area contributed by atoms with Gasteiger partial charge in [0.2, 0.25) is 5.91 Å². The Morgan fingerprint density at radius 1 is 1.12 bits per heavy atom. The van der Waals surface area contributed by atoms with Crippen LogP contribution in [0.4, 0.5) is 0 Å². The molecule has 3 aromatic rings. The number of benzene rings is 1. The lowest BCUT2D eigenvalue weighted by Crippen LogP contribution is -2.31. The Morgan fingerprint density at radius 3 is 2.54 bits per heavy atom. The van der Waals surface area contributed by atoms with Crippen molar-refractivity contribution in [3.8, 4) is 0 Å². The van der Waals surface area contributed by atoms with E-state index in [-0.39, 0.29) is 5.91 Å². The summed E-state index contributed by atoms with van der Waals surface area (Å²) in [5.74, 6) is 0.129. The molecule has 26 heavy (non-hydrogen) atoms. The van der Waals surface area contributed by atoms with E-state index in [1.165, 1.54) is 9.77 Å². The zero-order valence-corrected chi connectivity index (χ0v) is 16.7. The maximum atomic E-state index is 12.9. The van der Waals surface area contributed by atoms with E-state index in [2.05, 4.69) is 44.2 Å². The molecule has 3 nitrogen and oxygen atoms in total. The van der Waals surface area contributed by atoms with Crippen molar-refractivity contribution in [1.82, 2.24) is 4.90 Å². The van der Waals surface area contributed by atoms with Crippen molar-refractivity contribution in [2.24, 2.45) is 0 Å². The molecule has 0 unspecified atom stereocenters. The predicted molar refractivity (Wildman–Crippen MR) is 108 cm³/mol. The third kappa shape index (κ3) is 5.51. The number of hydrogen-bond acceptors (Lipinski definition) is 4. The van der Waals surface area contributed by atoms with E-state index in [4.69, 9.17) is 4.42 Å². The Morgan fingerprint density at radius 2 is 1.92 bits per heavy atom. The number of hydrogen-bond donors (Lipinski definition) is 0. The fourth-order valence-corrected chi connectivity index (χ4v) is 4.23. The summed E-state index contributed by atoms with van der Waals surface area (Å²) in [7, 11) is 0. The molecule has 0 spiro atoms. The van der Waals surface area contributed by atoms with Crippen LogP contribution in [0.1, 0.15) is 29.9 Å². The van der Waals surface area contributed by atoms with Crippen LogP contribution in [0.15, 0.2) is 69.7 Å². The summed E-state index contributed by atoms with van der Waals surface area (Å²) in [6, 6.07) is 14.3. The molecule has 0 fully saturated rings. The summed E-state index contributed by atoms with van der Waals surface area (Å²) >= 11 is 3.51. The monoisotopic (exact) mass is 385 g/mol. The molecule has 0 N–H and O–H groups in total. The molecule has 0 aliphatic carbocycles. The topological polar surface area (TPSA) is 33.5 Å². The van der Waals surface area contributed by atoms with Crippen LogP contribution in [-0.2, 0) is 24.3 Å². The second-order valence-electron chi connectivity index (χ2n) is 6.45. The van der Waals surface area contributed by atoms with Crippen molar-refractivity contribution in [2.75, 3.05) is 0 Å². The summed E-state index contributed by atoms with van der Waals surface area (Å²) < 4.78 is 5.16. The normalized spacial score (nSPS) is 11.0. The third-order valence-corrected chi connectivity index (χ3v) is 5.76. The molecule has 1 aromatic carbocycles. The van der Waals surface area contributed by atoms with Crippen molar-refractivity contribution in [1.29, 1.82) is 0 Å². The Bertz CT molecular complexity index is 757. The first-order chi connectivity index (χ1) is 12.6. The molecule has 2 aromatic heterocycles. The summed E-state index contributed by atoms with van der Waals surface area (Å²) in [5, 5.41) is 2.60. The first-order valence-corrected chi connectivity index (χ1v) is 10.4. The molecule has 0 atom stereocenters. The van der Waals surface area contributed by atoms with E-state index in [1.807, 2.05) is 34.2 Å². The summed E-state index contributed by atoms with van der Waals surface area (Å²) in [4.78, 5) is 17.2. The van der Waals surface area contributed by atoms with Crippen LogP contribution in [0.25, 0.3) is 0 Å². The number of thiophene rings is 1. The first kappa shape index (κ1) is 18.8. The van der Waals surface area contributed by atoms with Gasteiger partial charge >= 0.3 is 0 Å². The Kier molecular flexibility index (Phi) is 6.58. The SMILES string of the molecule is CC(C)Sc1ccc(CC(=O)N(Cc2ccoc2)Cc2cccs2)cc1. The van der Waals surface area contributed by atoms with E-state index >= 15 is 0 Å². The van der Waals surface area contributed by atoms with Gasteiger partial charge in [0, 0.05) is 27.1 Å². The van der Waals surface area contributed by atoms with Crippen molar-refractivity contribution in [3.05, 3.63) is 76.4 Å². The maximum Gasteiger partial charge on any atom is 0.227 e. The van der Waals surface area contributed by atoms with Crippen LogP contribution in [-0.4, -0.2) is 16.1 Å². The molecular weight excluding hydrogens is 362 g/mol. The molecule has 0 saturated carbocycles. The lowest BCUT2D eigenvalue weighted by Gasteiger charge is -2.22. The minimum atomic E-state index is 0.129. The van der Waals surface area contributed by atoms with Gasteiger partial charge in [-0.05, 0) is 35.2 Å². The van der Waals surface area contributed by atoms with Crippen LogP contribution in [0.5, 0.6) is 0 Å². The lowest BCUT2D eigenvalue weighted by molar-refractivity contribution is -0.131. The highest BCUT2D eigenvalue weighted by molar-refractivity contribution is 7.99. The highest BCUT2D eigenvalue weighted by Crippen LogP contribution is 2.23. The van der Waals surface area contributed by atoms with Gasteiger partial charge in [-0.2, -0.15) is 0 Å². The van der Waals surface area contributed by atoms with Gasteiger partial charge in [0.05, 0.1) is 25.5 Å². The number of furan rings is 1. The van der Waals surface area contributed by atoms with Crippen LogP contribution in [0, 0.1) is 0 Å². The predicted octanol–water partition coefficient (Wildman–Crippen LogP) is 5.61. The number of nitrogens with zero attached hydrogens (tertiary/aromatic N) is 1. The van der Waals surface area contributed by atoms with Gasteiger partial charge < -0.3 is 9.32 Å². The number of thioether (sulfide) groups is 1. The van der Waals surface area contributed by atoms with Gasteiger partial charge in [-0.25, -0.2) is 0 Å². The smallest absolute Gasteiger partial charge is 0.227 e. The summed E-state index contributed by atoms with van der Waals surface area (Å²) in [5.41, 5.74) is 2.06. The van der Waals surface area contributed by atoms with Crippen LogP contribution < -0.4 is 0 Å². The van der Waals surface area contributed by atoms with E-state index in [0.717, 1.165) is 11.1 Å². The second-order valence-corrected chi connectivity index (χ2v) is 9.13. The average Bonchev–Trinajstić information content (AvgIpc) is 3.29. The number of carbonyl (C=O) groups excluding carboxylic acids is 1. The molecule has 0 bridgehead atoms.